The lowest BCUT2D eigenvalue weighted by Crippen LogP contribution is -2.37. The molecule has 1 fully saturated rings. The second-order valence-corrected chi connectivity index (χ2v) is 7.38. The van der Waals surface area contributed by atoms with Crippen molar-refractivity contribution in [2.45, 2.75) is 52.5 Å². The lowest BCUT2D eigenvalue weighted by molar-refractivity contribution is 0.102. The van der Waals surface area contributed by atoms with Crippen molar-refractivity contribution in [2.75, 3.05) is 7.05 Å². The third-order valence-corrected chi connectivity index (χ3v) is 5.45. The first-order chi connectivity index (χ1) is 8.04. The second kappa shape index (κ2) is 5.11. The molecule has 1 nitrogen and oxygen atoms in total. The highest BCUT2D eigenvalue weighted by Gasteiger charge is 2.37. The average molecular weight is 251 g/mol. The number of rotatable bonds is 3. The van der Waals surface area contributed by atoms with Crippen molar-refractivity contribution in [1.29, 1.82) is 0 Å². The Morgan fingerprint density at radius 2 is 2.12 bits per heavy atom. The van der Waals surface area contributed by atoms with E-state index in [1.54, 1.807) is 0 Å². The minimum atomic E-state index is 0.476. The van der Waals surface area contributed by atoms with Crippen molar-refractivity contribution in [2.24, 2.45) is 11.3 Å². The van der Waals surface area contributed by atoms with Gasteiger partial charge < -0.3 is 5.32 Å². The number of nitrogens with one attached hydrogen (secondary N) is 1. The Kier molecular flexibility index (Phi) is 3.94. The van der Waals surface area contributed by atoms with Gasteiger partial charge in [0, 0.05) is 15.8 Å². The molecule has 0 saturated heterocycles. The average Bonchev–Trinajstić information content (AvgIpc) is 2.68. The number of hydrogen-bond donors (Lipinski definition) is 1. The number of hydrogen-bond acceptors (Lipinski definition) is 2. The van der Waals surface area contributed by atoms with Crippen LogP contribution in [0.25, 0.3) is 0 Å². The van der Waals surface area contributed by atoms with E-state index in [9.17, 15) is 0 Å². The molecule has 17 heavy (non-hydrogen) atoms. The molecular formula is C15H25NS. The normalized spacial score (nSPS) is 25.8. The summed E-state index contributed by atoms with van der Waals surface area (Å²) in [5, 5.41) is 3.57. The van der Waals surface area contributed by atoms with Gasteiger partial charge in [0.25, 0.3) is 0 Å². The molecule has 0 aliphatic heterocycles. The van der Waals surface area contributed by atoms with E-state index >= 15 is 0 Å². The van der Waals surface area contributed by atoms with Gasteiger partial charge in [-0.1, -0.05) is 26.7 Å². The monoisotopic (exact) mass is 251 g/mol. The first kappa shape index (κ1) is 13.1. The molecule has 1 aliphatic rings. The maximum Gasteiger partial charge on any atom is 0.0446 e. The highest BCUT2D eigenvalue weighted by molar-refractivity contribution is 7.12. The lowest BCUT2D eigenvalue weighted by Gasteiger charge is -2.43. The molecule has 1 saturated carbocycles. The molecule has 1 N–H and O–H groups in total. The summed E-state index contributed by atoms with van der Waals surface area (Å²) in [5.41, 5.74) is 0.476. The highest BCUT2D eigenvalue weighted by Crippen LogP contribution is 2.47. The first-order valence-corrected chi connectivity index (χ1v) is 7.60. The topological polar surface area (TPSA) is 12.0 Å². The van der Waals surface area contributed by atoms with Crippen LogP contribution in [0, 0.1) is 18.3 Å². The van der Waals surface area contributed by atoms with Crippen LogP contribution in [0.1, 0.15) is 55.3 Å². The van der Waals surface area contributed by atoms with Crippen LogP contribution in [0.5, 0.6) is 0 Å². The molecule has 1 heterocycles. The standard InChI is InChI=1S/C15H25NS/c1-11-8-9-13(17-11)14(16-4)12-7-5-6-10-15(12,2)3/h8-9,12,14,16H,5-7,10H2,1-4H3. The van der Waals surface area contributed by atoms with Gasteiger partial charge in [-0.25, -0.2) is 0 Å². The van der Waals surface area contributed by atoms with Crippen LogP contribution < -0.4 is 5.32 Å². The van der Waals surface area contributed by atoms with Gasteiger partial charge in [0.15, 0.2) is 0 Å². The Balaban J connectivity index is 2.22. The van der Waals surface area contributed by atoms with Crippen LogP contribution in [0.15, 0.2) is 12.1 Å². The van der Waals surface area contributed by atoms with E-state index in [1.165, 1.54) is 35.4 Å². The lowest BCUT2D eigenvalue weighted by atomic mass is 9.65. The van der Waals surface area contributed by atoms with Gasteiger partial charge in [-0.2, -0.15) is 0 Å². The van der Waals surface area contributed by atoms with Crippen molar-refractivity contribution in [1.82, 2.24) is 5.32 Å². The Morgan fingerprint density at radius 3 is 2.65 bits per heavy atom. The van der Waals surface area contributed by atoms with Gasteiger partial charge >= 0.3 is 0 Å². The van der Waals surface area contributed by atoms with Gasteiger partial charge in [0.2, 0.25) is 0 Å². The molecule has 2 unspecified atom stereocenters. The summed E-state index contributed by atoms with van der Waals surface area (Å²) in [6.07, 6.45) is 5.55. The predicted molar refractivity (Wildman–Crippen MR) is 76.6 cm³/mol. The van der Waals surface area contributed by atoms with Gasteiger partial charge in [0.05, 0.1) is 0 Å². The molecule has 96 valence electrons. The van der Waals surface area contributed by atoms with E-state index in [1.807, 2.05) is 11.3 Å². The van der Waals surface area contributed by atoms with Crippen LogP contribution in [-0.4, -0.2) is 7.05 Å². The van der Waals surface area contributed by atoms with Crippen LogP contribution in [-0.2, 0) is 0 Å². The highest BCUT2D eigenvalue weighted by atomic mass is 32.1. The maximum absolute atomic E-state index is 3.57. The molecular weight excluding hydrogens is 226 g/mol. The smallest absolute Gasteiger partial charge is 0.0446 e. The Morgan fingerprint density at radius 1 is 1.35 bits per heavy atom. The molecule has 1 aliphatic carbocycles. The van der Waals surface area contributed by atoms with E-state index in [-0.39, 0.29) is 0 Å². The summed E-state index contributed by atoms with van der Waals surface area (Å²) in [5.74, 6) is 0.777. The van der Waals surface area contributed by atoms with Gasteiger partial charge in [0.1, 0.15) is 0 Å². The first-order valence-electron chi connectivity index (χ1n) is 6.78. The quantitative estimate of drug-likeness (QED) is 0.832. The summed E-state index contributed by atoms with van der Waals surface area (Å²) >= 11 is 1.95. The minimum absolute atomic E-state index is 0.476. The third-order valence-electron chi connectivity index (χ3n) is 4.37. The van der Waals surface area contributed by atoms with Crippen molar-refractivity contribution < 1.29 is 0 Å². The molecule has 2 rings (SSSR count). The van der Waals surface area contributed by atoms with E-state index < -0.39 is 0 Å². The van der Waals surface area contributed by atoms with Crippen LogP contribution in [0.3, 0.4) is 0 Å². The summed E-state index contributed by atoms with van der Waals surface area (Å²) in [7, 11) is 2.12. The maximum atomic E-state index is 3.57. The van der Waals surface area contributed by atoms with Gasteiger partial charge in [-0.15, -0.1) is 11.3 Å². The van der Waals surface area contributed by atoms with Crippen molar-refractivity contribution >= 4 is 11.3 Å². The summed E-state index contributed by atoms with van der Waals surface area (Å²) in [6, 6.07) is 5.11. The number of aryl methyl sites for hydroxylation is 1. The zero-order valence-electron chi connectivity index (χ0n) is 11.5. The summed E-state index contributed by atoms with van der Waals surface area (Å²) in [4.78, 5) is 2.94. The summed E-state index contributed by atoms with van der Waals surface area (Å²) < 4.78 is 0. The molecule has 0 amide bonds. The largest absolute Gasteiger partial charge is 0.312 e. The van der Waals surface area contributed by atoms with E-state index in [0.717, 1.165) is 5.92 Å². The zero-order valence-corrected chi connectivity index (χ0v) is 12.4. The predicted octanol–water partition coefficient (Wildman–Crippen LogP) is 4.53. The fraction of sp³-hybridized carbons (Fsp3) is 0.733. The third kappa shape index (κ3) is 2.74. The fourth-order valence-corrected chi connectivity index (χ4v) is 4.35. The molecule has 1 aromatic rings. The molecule has 2 heteroatoms. The van der Waals surface area contributed by atoms with E-state index in [0.29, 0.717) is 11.5 Å². The molecule has 0 radical (unpaired) electrons. The van der Waals surface area contributed by atoms with Gasteiger partial charge in [-0.3, -0.25) is 0 Å². The van der Waals surface area contributed by atoms with Crippen molar-refractivity contribution in [3.63, 3.8) is 0 Å². The molecule has 0 bridgehead atoms. The van der Waals surface area contributed by atoms with E-state index in [2.05, 4.69) is 45.3 Å². The second-order valence-electron chi connectivity index (χ2n) is 6.06. The Bertz CT molecular complexity index is 367. The van der Waals surface area contributed by atoms with Crippen molar-refractivity contribution in [3.8, 4) is 0 Å². The van der Waals surface area contributed by atoms with Gasteiger partial charge in [-0.05, 0) is 50.3 Å². The zero-order chi connectivity index (χ0) is 12.5. The molecule has 0 spiro atoms. The molecule has 1 aromatic heterocycles. The number of thiophene rings is 1. The Labute approximate surface area is 110 Å². The fourth-order valence-electron chi connectivity index (χ4n) is 3.30. The van der Waals surface area contributed by atoms with Crippen LogP contribution in [0.2, 0.25) is 0 Å². The van der Waals surface area contributed by atoms with Crippen LogP contribution >= 0.6 is 11.3 Å². The molecule has 2 atom stereocenters. The summed E-state index contributed by atoms with van der Waals surface area (Å²) in [6.45, 7) is 7.09. The Hall–Kier alpha value is -0.340. The molecule has 0 aromatic carbocycles. The minimum Gasteiger partial charge on any atom is -0.312 e. The van der Waals surface area contributed by atoms with Crippen molar-refractivity contribution in [3.05, 3.63) is 21.9 Å². The SMILES string of the molecule is CNC(c1ccc(C)s1)C1CCCCC1(C)C. The van der Waals surface area contributed by atoms with Crippen LogP contribution in [0.4, 0.5) is 0 Å². The van der Waals surface area contributed by atoms with E-state index in [4.69, 9.17) is 0 Å².